The zero-order valence-electron chi connectivity index (χ0n) is 28.1. The van der Waals surface area contributed by atoms with E-state index < -0.39 is 27.3 Å². The topological polar surface area (TPSA) is 70.1 Å². The van der Waals surface area contributed by atoms with Crippen molar-refractivity contribution in [1.29, 1.82) is 0 Å². The first-order valence-electron chi connectivity index (χ1n) is 17.2. The molecular weight excluding hydrogens is 595 g/mol. The highest BCUT2D eigenvalue weighted by Gasteiger charge is 2.49. The Morgan fingerprint density at radius 1 is 0.957 bits per heavy atom. The minimum atomic E-state index is -3.63. The average molecular weight is 647 g/mol. The molecule has 4 aliphatic heterocycles. The monoisotopic (exact) mass is 646 g/mol. The molecule has 0 aliphatic carbocycles. The lowest BCUT2D eigenvalue weighted by molar-refractivity contribution is -0.953. The van der Waals surface area contributed by atoms with E-state index in [1.165, 1.54) is 49.3 Å². The van der Waals surface area contributed by atoms with E-state index in [0.717, 1.165) is 36.2 Å². The summed E-state index contributed by atoms with van der Waals surface area (Å²) in [6, 6.07) is 22.3. The van der Waals surface area contributed by atoms with Crippen molar-refractivity contribution in [2.24, 2.45) is 5.41 Å². The average Bonchev–Trinajstić information content (AvgIpc) is 3.14. The fourth-order valence-electron chi connectivity index (χ4n) is 8.07. The van der Waals surface area contributed by atoms with Crippen LogP contribution in [0.4, 0.5) is 5.69 Å². The van der Waals surface area contributed by atoms with Crippen LogP contribution in [0.1, 0.15) is 67.7 Å². The maximum Gasteiger partial charge on any atom is 0.179 e. The van der Waals surface area contributed by atoms with Gasteiger partial charge in [-0.05, 0) is 59.9 Å². The second kappa shape index (κ2) is 13.3. The minimum absolute atomic E-state index is 0.0485. The van der Waals surface area contributed by atoms with Gasteiger partial charge in [0.05, 0.1) is 36.4 Å². The fourth-order valence-corrected chi connectivity index (χ4v) is 10.3. The Morgan fingerprint density at radius 2 is 1.65 bits per heavy atom. The Hall–Kier alpha value is -2.91. The molecule has 0 amide bonds. The fraction of sp³-hybridized carbons (Fsp3) is 0.526. The van der Waals surface area contributed by atoms with E-state index in [1.807, 2.05) is 62.3 Å². The summed E-state index contributed by atoms with van der Waals surface area (Å²) in [6.45, 7) is 13.1. The Labute approximate surface area is 276 Å². The highest BCUT2D eigenvalue weighted by molar-refractivity contribution is 7.91. The molecule has 3 aromatic carbocycles. The lowest BCUT2D eigenvalue weighted by atomic mass is 9.69. The van der Waals surface area contributed by atoms with Crippen LogP contribution < -0.4 is 9.64 Å². The highest BCUT2D eigenvalue weighted by atomic mass is 32.2. The molecule has 0 radical (unpaired) electrons. The SMILES string of the molecule is CCCCC1(CC)CS(=O)(=O)c2ccc(N(C)C)cc2[C@@H](c2cccc(OCc3ccc(C[N+]45CCN(CC4)CC5)cc3)c2)[C@H]1O. The van der Waals surface area contributed by atoms with Crippen molar-refractivity contribution < 1.29 is 22.7 Å². The van der Waals surface area contributed by atoms with Gasteiger partial charge in [-0.1, -0.05) is 63.1 Å². The summed E-state index contributed by atoms with van der Waals surface area (Å²) in [5.41, 5.74) is 4.20. The minimum Gasteiger partial charge on any atom is -0.489 e. The van der Waals surface area contributed by atoms with Crippen molar-refractivity contribution in [1.82, 2.24) is 4.90 Å². The lowest BCUT2D eigenvalue weighted by Crippen LogP contribution is -2.66. The van der Waals surface area contributed by atoms with Crippen LogP contribution in [-0.2, 0) is 23.0 Å². The van der Waals surface area contributed by atoms with E-state index in [4.69, 9.17) is 4.74 Å². The molecule has 0 saturated carbocycles. The zero-order chi connectivity index (χ0) is 32.5. The Bertz CT molecular complexity index is 1600. The van der Waals surface area contributed by atoms with Crippen LogP contribution in [0, 0.1) is 5.41 Å². The Morgan fingerprint density at radius 3 is 2.30 bits per heavy atom. The molecule has 7 nitrogen and oxygen atoms in total. The molecule has 3 aromatic rings. The molecule has 248 valence electrons. The van der Waals surface area contributed by atoms with E-state index in [9.17, 15) is 13.5 Å². The van der Waals surface area contributed by atoms with Gasteiger partial charge >= 0.3 is 0 Å². The number of sulfone groups is 1. The smallest absolute Gasteiger partial charge is 0.179 e. The summed E-state index contributed by atoms with van der Waals surface area (Å²) < 4.78 is 35.5. The van der Waals surface area contributed by atoms with E-state index in [-0.39, 0.29) is 5.75 Å². The Balaban J connectivity index is 1.27. The number of piperazine rings is 3. The quantitative estimate of drug-likeness (QED) is 0.264. The molecule has 3 fully saturated rings. The normalized spacial score (nSPS) is 28.3. The van der Waals surface area contributed by atoms with E-state index in [2.05, 4.69) is 36.1 Å². The number of ether oxygens (including phenoxy) is 1. The van der Waals surface area contributed by atoms with Crippen molar-refractivity contribution in [3.63, 3.8) is 0 Å². The van der Waals surface area contributed by atoms with Gasteiger partial charge < -0.3 is 19.2 Å². The number of quaternary nitrogens is 1. The van der Waals surface area contributed by atoms with Gasteiger partial charge in [0.2, 0.25) is 0 Å². The molecule has 4 heterocycles. The van der Waals surface area contributed by atoms with Crippen molar-refractivity contribution in [3.05, 3.63) is 89.0 Å². The largest absolute Gasteiger partial charge is 0.489 e. The maximum atomic E-state index is 14.0. The van der Waals surface area contributed by atoms with Crippen LogP contribution in [0.3, 0.4) is 0 Å². The number of benzene rings is 3. The lowest BCUT2D eigenvalue weighted by Gasteiger charge is -2.50. The third-order valence-electron chi connectivity index (χ3n) is 11.2. The number of fused-ring (bicyclic) bond motifs is 4. The van der Waals surface area contributed by atoms with Crippen molar-refractivity contribution in [2.75, 3.05) is 64.0 Å². The second-order valence-electron chi connectivity index (χ2n) is 14.3. The van der Waals surface area contributed by atoms with Gasteiger partial charge in [-0.2, -0.15) is 0 Å². The van der Waals surface area contributed by atoms with Gasteiger partial charge in [0.15, 0.2) is 9.84 Å². The predicted molar refractivity (Wildman–Crippen MR) is 185 cm³/mol. The number of aliphatic hydroxyl groups is 1. The van der Waals surface area contributed by atoms with Crippen molar-refractivity contribution in [3.8, 4) is 5.75 Å². The van der Waals surface area contributed by atoms with Crippen LogP contribution >= 0.6 is 0 Å². The first-order valence-corrected chi connectivity index (χ1v) is 18.8. The molecule has 2 bridgehead atoms. The van der Waals surface area contributed by atoms with Gasteiger partial charge in [0.1, 0.15) is 18.9 Å². The van der Waals surface area contributed by atoms with E-state index in [1.54, 1.807) is 6.07 Å². The highest BCUT2D eigenvalue weighted by Crippen LogP contribution is 2.49. The molecule has 1 N–H and O–H groups in total. The van der Waals surface area contributed by atoms with Gasteiger partial charge in [-0.25, -0.2) is 8.42 Å². The molecule has 1 unspecified atom stereocenters. The van der Waals surface area contributed by atoms with Gasteiger partial charge in [-0.3, -0.25) is 4.90 Å². The number of unbranched alkanes of at least 4 members (excludes halogenated alkanes) is 1. The van der Waals surface area contributed by atoms with Gasteiger partial charge in [-0.15, -0.1) is 0 Å². The van der Waals surface area contributed by atoms with E-state index in [0.29, 0.717) is 35.7 Å². The number of rotatable bonds is 11. The first kappa shape index (κ1) is 33.0. The first-order chi connectivity index (χ1) is 22.1. The summed E-state index contributed by atoms with van der Waals surface area (Å²) >= 11 is 0. The standard InChI is InChI=1S/C38H52N3O4S/c1-5-7-17-38(6-2)28-46(43,44)35-16-15-32(39(3)4)25-34(35)36(37(38)42)31-9-8-10-33(24-31)45-27-30-13-11-29(12-14-30)26-41-21-18-40(19-22-41)20-23-41/h8-16,24-25,36-37,42H,5-7,17-23,26-28H2,1-4H3/q+1/t36-,37-,38?/m1/s1. The molecule has 4 aliphatic rings. The number of nitrogens with zero attached hydrogens (tertiary/aromatic N) is 3. The van der Waals surface area contributed by atoms with Crippen LogP contribution in [0.15, 0.2) is 71.6 Å². The third-order valence-corrected chi connectivity index (χ3v) is 13.2. The van der Waals surface area contributed by atoms with E-state index >= 15 is 0 Å². The van der Waals surface area contributed by atoms with Gasteiger partial charge in [0.25, 0.3) is 0 Å². The molecule has 3 saturated heterocycles. The molecule has 8 heteroatoms. The summed E-state index contributed by atoms with van der Waals surface area (Å²) in [6.07, 6.45) is 2.20. The summed E-state index contributed by atoms with van der Waals surface area (Å²) in [5, 5.41) is 12.3. The number of hydrogen-bond donors (Lipinski definition) is 1. The van der Waals surface area contributed by atoms with Crippen LogP contribution in [-0.4, -0.2) is 88.1 Å². The van der Waals surface area contributed by atoms with Crippen molar-refractivity contribution in [2.45, 2.75) is 69.6 Å². The zero-order valence-corrected chi connectivity index (χ0v) is 28.9. The maximum absolute atomic E-state index is 14.0. The number of aliphatic hydroxyl groups excluding tert-OH is 1. The molecule has 0 spiro atoms. The molecule has 46 heavy (non-hydrogen) atoms. The number of anilines is 1. The Kier molecular flexibility index (Phi) is 9.55. The molecule has 0 aromatic heterocycles. The summed E-state index contributed by atoms with van der Waals surface area (Å²) in [7, 11) is 0.274. The van der Waals surface area contributed by atoms with Crippen LogP contribution in [0.5, 0.6) is 5.75 Å². The molecular formula is C38H52N3O4S+. The summed E-state index contributed by atoms with van der Waals surface area (Å²) in [4.78, 5) is 4.89. The van der Waals surface area contributed by atoms with Gasteiger partial charge in [0, 0.05) is 56.3 Å². The van der Waals surface area contributed by atoms with Crippen LogP contribution in [0.25, 0.3) is 0 Å². The third kappa shape index (κ3) is 6.59. The van der Waals surface area contributed by atoms with Crippen LogP contribution in [0.2, 0.25) is 0 Å². The molecule has 7 rings (SSSR count). The summed E-state index contributed by atoms with van der Waals surface area (Å²) in [5.74, 6) is 0.162. The number of hydrogen-bond acceptors (Lipinski definition) is 6. The second-order valence-corrected chi connectivity index (χ2v) is 16.3. The molecule has 3 atom stereocenters. The van der Waals surface area contributed by atoms with Crippen molar-refractivity contribution >= 4 is 15.5 Å². The predicted octanol–water partition coefficient (Wildman–Crippen LogP) is 5.84.